The summed E-state index contributed by atoms with van der Waals surface area (Å²) in [5.41, 5.74) is 1.80. The van der Waals surface area contributed by atoms with Crippen LogP contribution in [0.15, 0.2) is 36.5 Å². The molecular formula is C18H22N4O2. The summed E-state index contributed by atoms with van der Waals surface area (Å²) in [4.78, 5) is 32.6. The zero-order valence-corrected chi connectivity index (χ0v) is 14.2. The van der Waals surface area contributed by atoms with Crippen LogP contribution in [-0.4, -0.2) is 34.9 Å². The SMILES string of the molecule is Cc1ncc(C(=O)NCCNC(=O)c2ccccc2)c(C(C)C)n1. The number of benzene rings is 1. The van der Waals surface area contributed by atoms with Gasteiger partial charge >= 0.3 is 0 Å². The van der Waals surface area contributed by atoms with Gasteiger partial charge in [0.25, 0.3) is 11.8 Å². The van der Waals surface area contributed by atoms with Crippen LogP contribution < -0.4 is 10.6 Å². The third-order valence-corrected chi connectivity index (χ3v) is 3.46. The average Bonchev–Trinajstić information content (AvgIpc) is 2.59. The topological polar surface area (TPSA) is 84.0 Å². The van der Waals surface area contributed by atoms with Crippen molar-refractivity contribution in [2.45, 2.75) is 26.7 Å². The van der Waals surface area contributed by atoms with E-state index in [1.165, 1.54) is 0 Å². The lowest BCUT2D eigenvalue weighted by atomic mass is 10.0. The van der Waals surface area contributed by atoms with Crippen molar-refractivity contribution in [3.05, 3.63) is 59.2 Å². The Balaban J connectivity index is 1.87. The van der Waals surface area contributed by atoms with Crippen LogP contribution >= 0.6 is 0 Å². The van der Waals surface area contributed by atoms with Crippen LogP contribution in [0.1, 0.15) is 52.0 Å². The zero-order chi connectivity index (χ0) is 17.5. The average molecular weight is 326 g/mol. The predicted molar refractivity (Wildman–Crippen MR) is 92.0 cm³/mol. The fourth-order valence-electron chi connectivity index (χ4n) is 2.24. The van der Waals surface area contributed by atoms with E-state index < -0.39 is 0 Å². The molecule has 0 bridgehead atoms. The number of aromatic nitrogens is 2. The molecule has 0 radical (unpaired) electrons. The largest absolute Gasteiger partial charge is 0.350 e. The summed E-state index contributed by atoms with van der Waals surface area (Å²) in [6, 6.07) is 8.95. The van der Waals surface area contributed by atoms with Gasteiger partial charge in [0, 0.05) is 24.8 Å². The predicted octanol–water partition coefficient (Wildman–Crippen LogP) is 2.07. The molecule has 2 aromatic rings. The van der Waals surface area contributed by atoms with Gasteiger partial charge in [-0.2, -0.15) is 0 Å². The van der Waals surface area contributed by atoms with Gasteiger partial charge in [0.05, 0.1) is 11.3 Å². The molecule has 0 spiro atoms. The molecule has 24 heavy (non-hydrogen) atoms. The maximum absolute atomic E-state index is 12.3. The van der Waals surface area contributed by atoms with Crippen LogP contribution in [0.5, 0.6) is 0 Å². The van der Waals surface area contributed by atoms with Crippen LogP contribution in [0.4, 0.5) is 0 Å². The summed E-state index contributed by atoms with van der Waals surface area (Å²) >= 11 is 0. The van der Waals surface area contributed by atoms with Crippen LogP contribution in [0.25, 0.3) is 0 Å². The second-order valence-electron chi connectivity index (χ2n) is 5.75. The van der Waals surface area contributed by atoms with Crippen LogP contribution in [0, 0.1) is 6.92 Å². The van der Waals surface area contributed by atoms with Crippen molar-refractivity contribution in [3.63, 3.8) is 0 Å². The summed E-state index contributed by atoms with van der Waals surface area (Å²) in [5, 5.41) is 5.55. The second kappa shape index (κ2) is 8.19. The smallest absolute Gasteiger partial charge is 0.254 e. The van der Waals surface area contributed by atoms with E-state index in [-0.39, 0.29) is 17.7 Å². The van der Waals surface area contributed by atoms with Crippen molar-refractivity contribution in [2.75, 3.05) is 13.1 Å². The molecule has 2 amide bonds. The van der Waals surface area contributed by atoms with Gasteiger partial charge in [0.15, 0.2) is 0 Å². The van der Waals surface area contributed by atoms with Crippen molar-refractivity contribution < 1.29 is 9.59 Å². The van der Waals surface area contributed by atoms with Gasteiger partial charge in [-0.05, 0) is 25.0 Å². The van der Waals surface area contributed by atoms with Gasteiger partial charge in [-0.3, -0.25) is 9.59 Å². The first-order valence-electron chi connectivity index (χ1n) is 7.94. The number of nitrogens with zero attached hydrogens (tertiary/aromatic N) is 2. The number of aryl methyl sites for hydroxylation is 1. The first-order chi connectivity index (χ1) is 11.5. The number of hydrogen-bond acceptors (Lipinski definition) is 4. The molecule has 2 rings (SSSR count). The highest BCUT2D eigenvalue weighted by Crippen LogP contribution is 2.16. The maximum atomic E-state index is 12.3. The molecule has 1 aromatic heterocycles. The van der Waals surface area contributed by atoms with Crippen molar-refractivity contribution in [1.29, 1.82) is 0 Å². The van der Waals surface area contributed by atoms with Gasteiger partial charge in [-0.25, -0.2) is 9.97 Å². The molecule has 0 aliphatic rings. The minimum atomic E-state index is -0.229. The number of carbonyl (C=O) groups is 2. The van der Waals surface area contributed by atoms with Crippen LogP contribution in [0.3, 0.4) is 0 Å². The maximum Gasteiger partial charge on any atom is 0.254 e. The molecule has 2 N–H and O–H groups in total. The lowest BCUT2D eigenvalue weighted by Crippen LogP contribution is -2.35. The van der Waals surface area contributed by atoms with E-state index in [1.807, 2.05) is 32.0 Å². The zero-order valence-electron chi connectivity index (χ0n) is 14.2. The first-order valence-corrected chi connectivity index (χ1v) is 7.94. The summed E-state index contributed by atoms with van der Waals surface area (Å²) in [6.07, 6.45) is 1.55. The van der Waals surface area contributed by atoms with E-state index in [1.54, 1.807) is 25.3 Å². The number of rotatable bonds is 6. The molecule has 0 aliphatic carbocycles. The summed E-state index contributed by atoms with van der Waals surface area (Å²) in [7, 11) is 0. The third-order valence-electron chi connectivity index (χ3n) is 3.46. The number of hydrogen-bond donors (Lipinski definition) is 2. The Labute approximate surface area is 141 Å². The van der Waals surface area contributed by atoms with E-state index in [9.17, 15) is 9.59 Å². The van der Waals surface area contributed by atoms with Crippen molar-refractivity contribution in [3.8, 4) is 0 Å². The van der Waals surface area contributed by atoms with Crippen molar-refractivity contribution in [1.82, 2.24) is 20.6 Å². The normalized spacial score (nSPS) is 10.5. The number of nitrogens with one attached hydrogen (secondary N) is 2. The van der Waals surface area contributed by atoms with Crippen LogP contribution in [0.2, 0.25) is 0 Å². The van der Waals surface area contributed by atoms with Gasteiger partial charge < -0.3 is 10.6 Å². The van der Waals surface area contributed by atoms with E-state index in [0.717, 1.165) is 5.69 Å². The summed E-state index contributed by atoms with van der Waals surface area (Å²) < 4.78 is 0. The molecule has 6 nitrogen and oxygen atoms in total. The summed E-state index contributed by atoms with van der Waals surface area (Å²) in [5.74, 6) is 0.384. The van der Waals surface area contributed by atoms with Crippen molar-refractivity contribution >= 4 is 11.8 Å². The molecule has 0 fully saturated rings. The first kappa shape index (κ1) is 17.6. The second-order valence-corrected chi connectivity index (χ2v) is 5.75. The molecular weight excluding hydrogens is 304 g/mol. The minimum Gasteiger partial charge on any atom is -0.350 e. The Morgan fingerprint density at radius 3 is 2.29 bits per heavy atom. The lowest BCUT2D eigenvalue weighted by molar-refractivity contribution is 0.0926. The van der Waals surface area contributed by atoms with Gasteiger partial charge in [0.1, 0.15) is 5.82 Å². The molecule has 0 saturated carbocycles. The Bertz CT molecular complexity index is 714. The van der Waals surface area contributed by atoms with Gasteiger partial charge in [0.2, 0.25) is 0 Å². The highest BCUT2D eigenvalue weighted by Gasteiger charge is 2.16. The molecule has 0 saturated heterocycles. The molecule has 1 aromatic carbocycles. The van der Waals surface area contributed by atoms with Crippen molar-refractivity contribution in [2.24, 2.45) is 0 Å². The molecule has 6 heteroatoms. The molecule has 0 unspecified atom stereocenters. The lowest BCUT2D eigenvalue weighted by Gasteiger charge is -2.12. The Kier molecular flexibility index (Phi) is 6.01. The van der Waals surface area contributed by atoms with Gasteiger partial charge in [-0.1, -0.05) is 32.0 Å². The molecule has 0 aliphatic heterocycles. The monoisotopic (exact) mass is 326 g/mol. The van der Waals surface area contributed by atoms with E-state index in [2.05, 4.69) is 20.6 Å². The molecule has 0 atom stereocenters. The third kappa shape index (κ3) is 4.62. The fraction of sp³-hybridized carbons (Fsp3) is 0.333. The highest BCUT2D eigenvalue weighted by atomic mass is 16.2. The van der Waals surface area contributed by atoms with E-state index in [0.29, 0.717) is 30.0 Å². The Hall–Kier alpha value is -2.76. The number of amides is 2. The highest BCUT2D eigenvalue weighted by molar-refractivity contribution is 5.95. The summed E-state index contributed by atoms with van der Waals surface area (Å²) in [6.45, 7) is 6.45. The van der Waals surface area contributed by atoms with Gasteiger partial charge in [-0.15, -0.1) is 0 Å². The quantitative estimate of drug-likeness (QED) is 0.796. The van der Waals surface area contributed by atoms with E-state index in [4.69, 9.17) is 0 Å². The van der Waals surface area contributed by atoms with Crippen LogP contribution in [-0.2, 0) is 0 Å². The number of carbonyl (C=O) groups excluding carboxylic acids is 2. The van der Waals surface area contributed by atoms with E-state index >= 15 is 0 Å². The fourth-order valence-corrected chi connectivity index (χ4v) is 2.24. The minimum absolute atomic E-state index is 0.130. The standard InChI is InChI=1S/C18H22N4O2/c1-12(2)16-15(11-21-13(3)22-16)18(24)20-10-9-19-17(23)14-7-5-4-6-8-14/h4-8,11-12H,9-10H2,1-3H3,(H,19,23)(H,20,24). The Morgan fingerprint density at radius 2 is 1.67 bits per heavy atom. The Morgan fingerprint density at radius 1 is 1.04 bits per heavy atom. The molecule has 126 valence electrons. The molecule has 1 heterocycles.